The average Bonchev–Trinajstić information content (AvgIpc) is 3.24. The van der Waals surface area contributed by atoms with Crippen LogP contribution in [0.3, 0.4) is 0 Å². The standard InChI is InChI=1S/C21H15N3O/c1-25-21(24-19-13-7-6-12-18(19)22-23-24)20-16-10-4-2-8-14(16)15-9-3-5-11-17(15)20/h2-13H,1H3. The Labute approximate surface area is 145 Å². The second kappa shape index (κ2) is 5.31. The number of rotatable bonds is 2. The Morgan fingerprint density at radius 3 is 1.96 bits per heavy atom. The van der Waals surface area contributed by atoms with E-state index in [2.05, 4.69) is 58.8 Å². The van der Waals surface area contributed by atoms with Crippen molar-refractivity contribution < 1.29 is 4.74 Å². The lowest BCUT2D eigenvalue weighted by Crippen LogP contribution is -2.05. The van der Waals surface area contributed by atoms with Crippen molar-refractivity contribution in [2.24, 2.45) is 0 Å². The number of benzene rings is 3. The summed E-state index contributed by atoms with van der Waals surface area (Å²) < 4.78 is 7.62. The lowest BCUT2D eigenvalue weighted by molar-refractivity contribution is 0.339. The molecule has 0 atom stereocenters. The Kier molecular flexibility index (Phi) is 2.97. The molecule has 4 aromatic rings. The number of hydrogen-bond acceptors (Lipinski definition) is 3. The molecule has 1 heterocycles. The normalized spacial score (nSPS) is 12.1. The molecule has 0 saturated heterocycles. The molecule has 4 heteroatoms. The Morgan fingerprint density at radius 2 is 1.32 bits per heavy atom. The Balaban J connectivity index is 1.88. The van der Waals surface area contributed by atoms with E-state index in [1.807, 2.05) is 24.3 Å². The highest BCUT2D eigenvalue weighted by atomic mass is 16.5. The first-order valence-corrected chi connectivity index (χ1v) is 8.17. The number of fused-ring (bicyclic) bond motifs is 4. The predicted molar refractivity (Wildman–Crippen MR) is 98.6 cm³/mol. The summed E-state index contributed by atoms with van der Waals surface area (Å²) in [7, 11) is 1.68. The summed E-state index contributed by atoms with van der Waals surface area (Å²) in [5, 5.41) is 8.61. The summed E-state index contributed by atoms with van der Waals surface area (Å²) in [5.74, 6) is 0.686. The van der Waals surface area contributed by atoms with Crippen molar-refractivity contribution in [2.75, 3.05) is 7.11 Å². The molecule has 5 rings (SSSR count). The Hall–Kier alpha value is -3.40. The number of ether oxygens (including phenoxy) is 1. The van der Waals surface area contributed by atoms with E-state index < -0.39 is 0 Å². The van der Waals surface area contributed by atoms with Crippen molar-refractivity contribution in [3.63, 3.8) is 0 Å². The Morgan fingerprint density at radius 1 is 0.760 bits per heavy atom. The van der Waals surface area contributed by atoms with Gasteiger partial charge < -0.3 is 4.74 Å². The molecule has 0 saturated carbocycles. The Bertz CT molecular complexity index is 1090. The molecule has 25 heavy (non-hydrogen) atoms. The van der Waals surface area contributed by atoms with Crippen LogP contribution < -0.4 is 0 Å². The van der Waals surface area contributed by atoms with E-state index in [1.54, 1.807) is 11.8 Å². The van der Waals surface area contributed by atoms with Gasteiger partial charge in [0.1, 0.15) is 5.52 Å². The third kappa shape index (κ3) is 1.94. The van der Waals surface area contributed by atoms with Gasteiger partial charge in [-0.3, -0.25) is 0 Å². The molecule has 0 bridgehead atoms. The molecule has 1 aliphatic carbocycles. The summed E-state index contributed by atoms with van der Waals surface area (Å²) in [6.45, 7) is 0. The summed E-state index contributed by atoms with van der Waals surface area (Å²) in [6.07, 6.45) is 0. The summed E-state index contributed by atoms with van der Waals surface area (Å²) >= 11 is 0. The van der Waals surface area contributed by atoms with Gasteiger partial charge in [0.15, 0.2) is 0 Å². The molecule has 0 amide bonds. The smallest absolute Gasteiger partial charge is 0.224 e. The maximum absolute atomic E-state index is 5.84. The minimum absolute atomic E-state index is 0.686. The topological polar surface area (TPSA) is 39.9 Å². The molecule has 0 radical (unpaired) electrons. The fraction of sp³-hybridized carbons (Fsp3) is 0.0476. The van der Waals surface area contributed by atoms with Crippen LogP contribution in [-0.4, -0.2) is 22.1 Å². The fourth-order valence-corrected chi connectivity index (χ4v) is 3.56. The van der Waals surface area contributed by atoms with Gasteiger partial charge in [0.05, 0.1) is 18.2 Å². The number of methoxy groups -OCH3 is 1. The van der Waals surface area contributed by atoms with Gasteiger partial charge in [0, 0.05) is 0 Å². The maximum Gasteiger partial charge on any atom is 0.224 e. The van der Waals surface area contributed by atoms with Gasteiger partial charge in [0.2, 0.25) is 5.88 Å². The van der Waals surface area contributed by atoms with Crippen LogP contribution in [0.25, 0.3) is 33.6 Å². The van der Waals surface area contributed by atoms with Crippen molar-refractivity contribution in [2.45, 2.75) is 0 Å². The van der Waals surface area contributed by atoms with E-state index >= 15 is 0 Å². The molecule has 0 unspecified atom stereocenters. The SMILES string of the molecule is COC(=C1c2ccccc2-c2ccccc21)n1nnc2ccccc21. The highest BCUT2D eigenvalue weighted by Crippen LogP contribution is 2.46. The molecule has 120 valence electrons. The van der Waals surface area contributed by atoms with Crippen molar-refractivity contribution in [3.05, 3.63) is 83.9 Å². The van der Waals surface area contributed by atoms with E-state index in [0.29, 0.717) is 5.88 Å². The molecule has 0 spiro atoms. The first-order valence-electron chi connectivity index (χ1n) is 8.17. The van der Waals surface area contributed by atoms with E-state index in [-0.39, 0.29) is 0 Å². The number of nitrogens with zero attached hydrogens (tertiary/aromatic N) is 3. The maximum atomic E-state index is 5.84. The highest BCUT2D eigenvalue weighted by molar-refractivity contribution is 6.07. The third-order valence-electron chi connectivity index (χ3n) is 4.63. The molecular weight excluding hydrogens is 310 g/mol. The minimum atomic E-state index is 0.686. The average molecular weight is 325 g/mol. The van der Waals surface area contributed by atoms with E-state index in [0.717, 1.165) is 27.7 Å². The minimum Gasteiger partial charge on any atom is -0.480 e. The zero-order valence-electron chi connectivity index (χ0n) is 13.7. The van der Waals surface area contributed by atoms with Crippen LogP contribution in [0.5, 0.6) is 0 Å². The summed E-state index contributed by atoms with van der Waals surface area (Å²) in [6, 6.07) is 24.7. The van der Waals surface area contributed by atoms with Crippen LogP contribution in [0.4, 0.5) is 0 Å². The number of para-hydroxylation sites is 1. The van der Waals surface area contributed by atoms with Crippen molar-refractivity contribution in [1.82, 2.24) is 15.0 Å². The van der Waals surface area contributed by atoms with E-state index in [9.17, 15) is 0 Å². The van der Waals surface area contributed by atoms with Crippen LogP contribution in [-0.2, 0) is 4.74 Å². The second-order valence-electron chi connectivity index (χ2n) is 5.97. The molecular formula is C21H15N3O. The number of aromatic nitrogens is 3. The second-order valence-corrected chi connectivity index (χ2v) is 5.97. The zero-order chi connectivity index (χ0) is 16.8. The molecule has 1 aliphatic rings. The van der Waals surface area contributed by atoms with Crippen molar-refractivity contribution >= 4 is 22.5 Å². The largest absolute Gasteiger partial charge is 0.480 e. The van der Waals surface area contributed by atoms with Crippen molar-refractivity contribution in [1.29, 1.82) is 0 Å². The first-order chi connectivity index (χ1) is 12.4. The molecule has 1 aromatic heterocycles. The number of hydrogen-bond donors (Lipinski definition) is 0. The highest BCUT2D eigenvalue weighted by Gasteiger charge is 2.28. The van der Waals surface area contributed by atoms with Gasteiger partial charge in [-0.1, -0.05) is 65.9 Å². The summed E-state index contributed by atoms with van der Waals surface area (Å²) in [4.78, 5) is 0. The van der Waals surface area contributed by atoms with Crippen LogP contribution in [0, 0.1) is 0 Å². The van der Waals surface area contributed by atoms with Gasteiger partial charge >= 0.3 is 0 Å². The molecule has 0 fully saturated rings. The lowest BCUT2D eigenvalue weighted by Gasteiger charge is -2.12. The fourth-order valence-electron chi connectivity index (χ4n) is 3.56. The molecule has 0 aliphatic heterocycles. The first kappa shape index (κ1) is 14.0. The van der Waals surface area contributed by atoms with E-state index in [4.69, 9.17) is 4.74 Å². The van der Waals surface area contributed by atoms with Gasteiger partial charge in [-0.15, -0.1) is 5.10 Å². The zero-order valence-corrected chi connectivity index (χ0v) is 13.7. The van der Waals surface area contributed by atoms with Crippen LogP contribution in [0.15, 0.2) is 72.8 Å². The molecule has 0 N–H and O–H groups in total. The van der Waals surface area contributed by atoms with Crippen LogP contribution >= 0.6 is 0 Å². The quantitative estimate of drug-likeness (QED) is 0.451. The molecule has 3 aromatic carbocycles. The summed E-state index contributed by atoms with van der Waals surface area (Å²) in [5.41, 5.74) is 7.55. The van der Waals surface area contributed by atoms with Gasteiger partial charge in [-0.05, 0) is 34.4 Å². The van der Waals surface area contributed by atoms with Crippen LogP contribution in [0.2, 0.25) is 0 Å². The van der Waals surface area contributed by atoms with Gasteiger partial charge in [-0.25, -0.2) is 0 Å². The van der Waals surface area contributed by atoms with Gasteiger partial charge in [0.25, 0.3) is 0 Å². The lowest BCUT2D eigenvalue weighted by atomic mass is 10.0. The predicted octanol–water partition coefficient (Wildman–Crippen LogP) is 4.43. The molecule has 4 nitrogen and oxygen atoms in total. The van der Waals surface area contributed by atoms with Crippen LogP contribution in [0.1, 0.15) is 11.1 Å². The third-order valence-corrected chi connectivity index (χ3v) is 4.63. The van der Waals surface area contributed by atoms with E-state index in [1.165, 1.54) is 11.1 Å². The van der Waals surface area contributed by atoms with Gasteiger partial charge in [-0.2, -0.15) is 4.68 Å². The van der Waals surface area contributed by atoms with Crippen molar-refractivity contribution in [3.8, 4) is 11.1 Å². The monoisotopic (exact) mass is 325 g/mol.